The molecule has 0 aliphatic carbocycles. The molecule has 0 spiro atoms. The van der Waals surface area contributed by atoms with Crippen molar-refractivity contribution in [1.82, 2.24) is 4.90 Å². The van der Waals surface area contributed by atoms with Crippen molar-refractivity contribution in [3.8, 4) is 17.2 Å². The highest BCUT2D eigenvalue weighted by Gasteiger charge is 2.39. The Morgan fingerprint density at radius 1 is 0.865 bits per heavy atom. The first kappa shape index (κ1) is 25.3. The molecule has 8 heteroatoms. The minimum Gasteiger partial charge on any atom is -0.497 e. The van der Waals surface area contributed by atoms with Crippen molar-refractivity contribution < 1.29 is 14.3 Å². The summed E-state index contributed by atoms with van der Waals surface area (Å²) in [6.45, 7) is 5.63. The Bertz CT molecular complexity index is 1340. The summed E-state index contributed by atoms with van der Waals surface area (Å²) < 4.78 is 11.3. The Balaban J connectivity index is 1.44. The molecule has 1 fully saturated rings. The Morgan fingerprint density at radius 3 is 2.30 bits per heavy atom. The molecule has 0 N–H and O–H groups in total. The molecule has 0 unspecified atom stereocenters. The van der Waals surface area contributed by atoms with E-state index in [-0.39, 0.29) is 5.91 Å². The molecule has 1 saturated heterocycles. The fourth-order valence-electron chi connectivity index (χ4n) is 4.13. The molecule has 6 nitrogen and oxygen atoms in total. The number of para-hydroxylation sites is 1. The molecule has 0 radical (unpaired) electrons. The second-order valence-electron chi connectivity index (χ2n) is 8.53. The van der Waals surface area contributed by atoms with Crippen LogP contribution < -0.4 is 14.4 Å². The van der Waals surface area contributed by atoms with Crippen molar-refractivity contribution in [3.05, 3.63) is 82.7 Å². The molecule has 0 atom stereocenters. The summed E-state index contributed by atoms with van der Waals surface area (Å²) in [5.74, 6) is 2.35. The Kier molecular flexibility index (Phi) is 7.76. The van der Waals surface area contributed by atoms with Gasteiger partial charge in [-0.2, -0.15) is 0 Å². The van der Waals surface area contributed by atoms with Gasteiger partial charge in [0.1, 0.15) is 27.2 Å². The number of fused-ring (bicyclic) bond motifs is 1. The van der Waals surface area contributed by atoms with E-state index >= 15 is 0 Å². The molecule has 2 aliphatic heterocycles. The minimum absolute atomic E-state index is 0.0157. The molecule has 0 bridgehead atoms. The van der Waals surface area contributed by atoms with E-state index in [1.807, 2.05) is 71.6 Å². The third-order valence-corrected chi connectivity index (χ3v) is 8.44. The summed E-state index contributed by atoms with van der Waals surface area (Å²) in [4.78, 5) is 24.4. The van der Waals surface area contributed by atoms with Gasteiger partial charge in [0, 0.05) is 24.1 Å². The normalized spacial score (nSPS) is 18.0. The van der Waals surface area contributed by atoms with Crippen molar-refractivity contribution >= 4 is 46.0 Å². The average Bonchev–Trinajstić information content (AvgIpc) is 3.44. The van der Waals surface area contributed by atoms with Gasteiger partial charge in [-0.15, -0.1) is 0 Å². The zero-order valence-electron chi connectivity index (χ0n) is 21.1. The number of nitrogens with zero attached hydrogens (tertiary/aromatic N) is 3. The first-order valence-corrected chi connectivity index (χ1v) is 14.0. The largest absolute Gasteiger partial charge is 0.497 e. The number of carbonyl (C=O) groups excluding carboxylic acids is 1. The van der Waals surface area contributed by atoms with Crippen LogP contribution in [0.25, 0.3) is 0 Å². The number of thioether (sulfide) groups is 2. The summed E-state index contributed by atoms with van der Waals surface area (Å²) in [6, 6.07) is 23.4. The lowest BCUT2D eigenvalue weighted by Gasteiger charge is -2.19. The fourth-order valence-corrected chi connectivity index (χ4v) is 6.53. The summed E-state index contributed by atoms with van der Waals surface area (Å²) in [5.41, 5.74) is 1.85. The predicted molar refractivity (Wildman–Crippen MR) is 153 cm³/mol. The van der Waals surface area contributed by atoms with Crippen molar-refractivity contribution in [2.75, 3.05) is 25.1 Å². The monoisotopic (exact) mass is 531 g/mol. The van der Waals surface area contributed by atoms with Crippen molar-refractivity contribution in [2.45, 2.75) is 31.6 Å². The van der Waals surface area contributed by atoms with Gasteiger partial charge in [0.05, 0.1) is 18.5 Å². The fraction of sp³-hybridized carbons (Fsp3) is 0.241. The lowest BCUT2D eigenvalue weighted by molar-refractivity contribution is -0.122. The van der Waals surface area contributed by atoms with E-state index in [1.165, 1.54) is 11.8 Å². The molecular weight excluding hydrogens is 502 g/mol. The predicted octanol–water partition coefficient (Wildman–Crippen LogP) is 7.65. The maximum absolute atomic E-state index is 13.7. The number of hydrogen-bond donors (Lipinski definition) is 0. The highest BCUT2D eigenvalue weighted by atomic mass is 32.2. The topological polar surface area (TPSA) is 54.4 Å². The molecule has 0 saturated carbocycles. The van der Waals surface area contributed by atoms with Gasteiger partial charge in [-0.1, -0.05) is 43.3 Å². The molecule has 2 aliphatic rings. The van der Waals surface area contributed by atoms with Gasteiger partial charge in [0.25, 0.3) is 5.91 Å². The van der Waals surface area contributed by atoms with Crippen LogP contribution in [-0.4, -0.2) is 36.2 Å². The molecule has 0 aromatic heterocycles. The number of ether oxygens (including phenoxy) is 2. The summed E-state index contributed by atoms with van der Waals surface area (Å²) in [6.07, 6.45) is 1.92. The van der Waals surface area contributed by atoms with Gasteiger partial charge in [-0.05, 0) is 73.6 Å². The van der Waals surface area contributed by atoms with Crippen LogP contribution >= 0.6 is 23.5 Å². The van der Waals surface area contributed by atoms with Crippen LogP contribution in [0.5, 0.6) is 17.2 Å². The van der Waals surface area contributed by atoms with E-state index in [0.29, 0.717) is 11.7 Å². The SMILES string of the molecule is CCCCN1C(=O)/C(=C2/Sc3ccc(OC)cc3N2CC)SC1=Nc1ccc(Oc2ccccc2)cc1. The van der Waals surface area contributed by atoms with Crippen molar-refractivity contribution in [3.63, 3.8) is 0 Å². The van der Waals surface area contributed by atoms with E-state index in [1.54, 1.807) is 18.9 Å². The van der Waals surface area contributed by atoms with Crippen LogP contribution in [0.3, 0.4) is 0 Å². The van der Waals surface area contributed by atoms with Crippen LogP contribution in [0, 0.1) is 0 Å². The average molecular weight is 532 g/mol. The highest BCUT2D eigenvalue weighted by molar-refractivity contribution is 8.19. The number of rotatable bonds is 8. The Morgan fingerprint density at radius 2 is 1.59 bits per heavy atom. The highest BCUT2D eigenvalue weighted by Crippen LogP contribution is 2.51. The third kappa shape index (κ3) is 5.36. The number of anilines is 1. The van der Waals surface area contributed by atoms with Gasteiger partial charge in [0.2, 0.25) is 0 Å². The van der Waals surface area contributed by atoms with E-state index in [9.17, 15) is 4.79 Å². The van der Waals surface area contributed by atoms with Crippen LogP contribution in [0.2, 0.25) is 0 Å². The van der Waals surface area contributed by atoms with Gasteiger partial charge >= 0.3 is 0 Å². The first-order chi connectivity index (χ1) is 18.1. The summed E-state index contributed by atoms with van der Waals surface area (Å²) in [5, 5.41) is 1.67. The second-order valence-corrected chi connectivity index (χ2v) is 10.5. The number of aliphatic imine (C=N–C) groups is 1. The van der Waals surface area contributed by atoms with Gasteiger partial charge in [-0.25, -0.2) is 4.99 Å². The number of amidine groups is 1. The van der Waals surface area contributed by atoms with Crippen molar-refractivity contribution in [2.24, 2.45) is 4.99 Å². The van der Waals surface area contributed by atoms with Crippen LogP contribution in [0.1, 0.15) is 26.7 Å². The van der Waals surface area contributed by atoms with E-state index in [0.717, 1.165) is 62.8 Å². The first-order valence-electron chi connectivity index (χ1n) is 12.4. The second kappa shape index (κ2) is 11.4. The number of methoxy groups -OCH3 is 1. The van der Waals surface area contributed by atoms with Crippen molar-refractivity contribution in [1.29, 1.82) is 0 Å². The zero-order chi connectivity index (χ0) is 25.8. The Hall–Kier alpha value is -3.36. The van der Waals surface area contributed by atoms with Crippen LogP contribution in [-0.2, 0) is 4.79 Å². The van der Waals surface area contributed by atoms with Gasteiger partial charge < -0.3 is 14.4 Å². The van der Waals surface area contributed by atoms with E-state index in [2.05, 4.69) is 24.8 Å². The zero-order valence-corrected chi connectivity index (χ0v) is 22.8. The van der Waals surface area contributed by atoms with Gasteiger partial charge in [-0.3, -0.25) is 9.69 Å². The molecule has 5 rings (SSSR count). The smallest absolute Gasteiger partial charge is 0.269 e. The standard InChI is InChI=1S/C29H29N3O3S2/c1-4-6-18-32-27(33)26(28-31(5-2)24-19-23(34-3)16-17-25(24)36-28)37-29(32)30-20-12-14-22(15-13-20)35-21-10-8-7-9-11-21/h7-17,19H,4-6,18H2,1-3H3/b28-26-,30-29?. The molecule has 1 amide bonds. The lowest BCUT2D eigenvalue weighted by Crippen LogP contribution is -2.30. The minimum atomic E-state index is 0.0157. The van der Waals surface area contributed by atoms with E-state index < -0.39 is 0 Å². The number of benzene rings is 3. The van der Waals surface area contributed by atoms with Gasteiger partial charge in [0.15, 0.2) is 5.17 Å². The number of carbonyl (C=O) groups is 1. The molecule has 2 heterocycles. The molecule has 3 aromatic rings. The molecule has 37 heavy (non-hydrogen) atoms. The lowest BCUT2D eigenvalue weighted by atomic mass is 10.2. The number of hydrogen-bond acceptors (Lipinski definition) is 7. The summed E-state index contributed by atoms with van der Waals surface area (Å²) in [7, 11) is 1.67. The molecular formula is C29H29N3O3S2. The Labute approximate surface area is 226 Å². The maximum atomic E-state index is 13.7. The van der Waals surface area contributed by atoms with E-state index in [4.69, 9.17) is 14.5 Å². The number of amides is 1. The molecule has 190 valence electrons. The third-order valence-electron chi connectivity index (χ3n) is 6.06. The van der Waals surface area contributed by atoms with Crippen LogP contribution in [0.15, 0.2) is 92.6 Å². The quantitative estimate of drug-likeness (QED) is 0.278. The molecule has 3 aromatic carbocycles. The summed E-state index contributed by atoms with van der Waals surface area (Å²) >= 11 is 3.09. The van der Waals surface area contributed by atoms with Crippen LogP contribution in [0.4, 0.5) is 11.4 Å². The maximum Gasteiger partial charge on any atom is 0.269 e. The number of unbranched alkanes of at least 4 members (excludes halogenated alkanes) is 1.